The fourth-order valence-electron chi connectivity index (χ4n) is 1.77. The van der Waals surface area contributed by atoms with Crippen molar-refractivity contribution in [2.45, 2.75) is 38.8 Å². The summed E-state index contributed by atoms with van der Waals surface area (Å²) in [6.07, 6.45) is -0.0607. The number of carbonyl (C=O) groups is 3. The number of nitrogens with one attached hydrogen (secondary N) is 1. The molecule has 0 aliphatic carbocycles. The lowest BCUT2D eigenvalue weighted by atomic mass is 10.0. The predicted molar refractivity (Wildman–Crippen MR) is 68.7 cm³/mol. The second-order valence-corrected chi connectivity index (χ2v) is 4.87. The highest BCUT2D eigenvalue weighted by Gasteiger charge is 2.32. The molecule has 0 aromatic carbocycles. The molecule has 19 heavy (non-hydrogen) atoms. The van der Waals surface area contributed by atoms with Crippen molar-refractivity contribution < 1.29 is 24.6 Å². The fourth-order valence-corrected chi connectivity index (χ4v) is 1.77. The third kappa shape index (κ3) is 5.69. The number of likely N-dealkylation sites (N-methyl/N-ethyl adjacent to an activating group) is 2. The molecular weight excluding hydrogens is 252 g/mol. The molecule has 0 aliphatic rings. The third-order valence-corrected chi connectivity index (χ3v) is 2.82. The summed E-state index contributed by atoms with van der Waals surface area (Å²) >= 11 is 0. The van der Waals surface area contributed by atoms with Gasteiger partial charge in [-0.05, 0) is 19.4 Å². The minimum Gasteiger partial charge on any atom is -0.481 e. The lowest BCUT2D eigenvalue weighted by molar-refractivity contribution is -0.154. The summed E-state index contributed by atoms with van der Waals surface area (Å²) in [5.74, 6) is -2.73. The van der Waals surface area contributed by atoms with E-state index in [0.717, 1.165) is 4.90 Å². The monoisotopic (exact) mass is 274 g/mol. The SMILES string of the molecule is CN[C@@H](CC(C)C)C(=O)N(C)[C@@H](CC(=O)O)C(=O)O. The van der Waals surface area contributed by atoms with Gasteiger partial charge in [-0.25, -0.2) is 4.79 Å². The van der Waals surface area contributed by atoms with E-state index in [0.29, 0.717) is 6.42 Å². The number of carboxylic acids is 2. The van der Waals surface area contributed by atoms with Crippen LogP contribution in [0, 0.1) is 5.92 Å². The van der Waals surface area contributed by atoms with Crippen molar-refractivity contribution in [3.05, 3.63) is 0 Å². The van der Waals surface area contributed by atoms with E-state index in [1.54, 1.807) is 7.05 Å². The lowest BCUT2D eigenvalue weighted by Gasteiger charge is -2.28. The van der Waals surface area contributed by atoms with Crippen molar-refractivity contribution in [1.82, 2.24) is 10.2 Å². The Kier molecular flexibility index (Phi) is 7.06. The Morgan fingerprint density at radius 3 is 2.05 bits per heavy atom. The van der Waals surface area contributed by atoms with Crippen LogP contribution in [0.25, 0.3) is 0 Å². The molecule has 1 amide bonds. The van der Waals surface area contributed by atoms with Crippen molar-refractivity contribution >= 4 is 17.8 Å². The Hall–Kier alpha value is -1.63. The zero-order valence-electron chi connectivity index (χ0n) is 11.7. The number of rotatable bonds is 8. The number of aliphatic carboxylic acids is 2. The molecule has 0 fully saturated rings. The molecule has 0 rings (SSSR count). The van der Waals surface area contributed by atoms with Gasteiger partial charge < -0.3 is 20.4 Å². The normalized spacial score (nSPS) is 13.9. The molecule has 110 valence electrons. The van der Waals surface area contributed by atoms with E-state index < -0.39 is 36.4 Å². The highest BCUT2D eigenvalue weighted by atomic mass is 16.4. The zero-order chi connectivity index (χ0) is 15.2. The van der Waals surface area contributed by atoms with Crippen LogP contribution in [0.4, 0.5) is 0 Å². The molecule has 0 heterocycles. The van der Waals surface area contributed by atoms with Crippen LogP contribution in [0.2, 0.25) is 0 Å². The van der Waals surface area contributed by atoms with Crippen LogP contribution in [0.5, 0.6) is 0 Å². The summed E-state index contributed by atoms with van der Waals surface area (Å²) in [5.41, 5.74) is 0. The Labute approximate surface area is 112 Å². The lowest BCUT2D eigenvalue weighted by Crippen LogP contribution is -2.51. The average molecular weight is 274 g/mol. The van der Waals surface area contributed by atoms with Gasteiger partial charge in [0.2, 0.25) is 5.91 Å². The van der Waals surface area contributed by atoms with Crippen LogP contribution < -0.4 is 5.32 Å². The largest absolute Gasteiger partial charge is 0.481 e. The molecule has 2 atom stereocenters. The highest BCUT2D eigenvalue weighted by molar-refractivity contribution is 5.89. The molecule has 7 nitrogen and oxygen atoms in total. The third-order valence-electron chi connectivity index (χ3n) is 2.82. The summed E-state index contributed by atoms with van der Waals surface area (Å²) in [5, 5.41) is 20.5. The van der Waals surface area contributed by atoms with Crippen LogP contribution in [0.15, 0.2) is 0 Å². The van der Waals surface area contributed by atoms with Gasteiger partial charge in [0.15, 0.2) is 0 Å². The quantitative estimate of drug-likeness (QED) is 0.575. The van der Waals surface area contributed by atoms with Crippen LogP contribution in [0.3, 0.4) is 0 Å². The number of carbonyl (C=O) groups excluding carboxylic acids is 1. The van der Waals surface area contributed by atoms with Crippen LogP contribution in [0.1, 0.15) is 26.7 Å². The molecule has 0 aromatic rings. The molecule has 0 bridgehead atoms. The molecule has 3 N–H and O–H groups in total. The average Bonchev–Trinajstić information content (AvgIpc) is 2.30. The number of hydrogen-bond acceptors (Lipinski definition) is 4. The second-order valence-electron chi connectivity index (χ2n) is 4.87. The van der Waals surface area contributed by atoms with E-state index in [1.165, 1.54) is 7.05 Å². The summed E-state index contributed by atoms with van der Waals surface area (Å²) in [7, 11) is 2.93. The van der Waals surface area contributed by atoms with Crippen molar-refractivity contribution in [2.75, 3.05) is 14.1 Å². The summed E-state index contributed by atoms with van der Waals surface area (Å²) in [6.45, 7) is 3.90. The van der Waals surface area contributed by atoms with Gasteiger partial charge in [-0.2, -0.15) is 0 Å². The van der Waals surface area contributed by atoms with E-state index >= 15 is 0 Å². The standard InChI is InChI=1S/C12H22N2O5/c1-7(2)5-8(13-3)11(17)14(4)9(12(18)19)6-10(15)16/h7-9,13H,5-6H2,1-4H3,(H,15,16)(H,18,19)/t8-,9-/m0/s1. The highest BCUT2D eigenvalue weighted by Crippen LogP contribution is 2.11. The molecular formula is C12H22N2O5. The number of amides is 1. The van der Waals surface area contributed by atoms with E-state index in [4.69, 9.17) is 10.2 Å². The Morgan fingerprint density at radius 1 is 1.21 bits per heavy atom. The van der Waals surface area contributed by atoms with Gasteiger partial charge in [0.25, 0.3) is 0 Å². The smallest absolute Gasteiger partial charge is 0.327 e. The van der Waals surface area contributed by atoms with E-state index in [2.05, 4.69) is 5.32 Å². The maximum Gasteiger partial charge on any atom is 0.327 e. The van der Waals surface area contributed by atoms with Gasteiger partial charge in [0.05, 0.1) is 12.5 Å². The predicted octanol–water partition coefficient (Wildman–Crippen LogP) is 0.00680. The molecule has 0 unspecified atom stereocenters. The molecule has 0 saturated heterocycles. The van der Waals surface area contributed by atoms with E-state index in [9.17, 15) is 14.4 Å². The minimum absolute atomic E-state index is 0.262. The van der Waals surface area contributed by atoms with Crippen LogP contribution in [-0.4, -0.2) is 59.1 Å². The first-order chi connectivity index (χ1) is 8.70. The first-order valence-electron chi connectivity index (χ1n) is 6.09. The first-order valence-corrected chi connectivity index (χ1v) is 6.09. The van der Waals surface area contributed by atoms with E-state index in [-0.39, 0.29) is 5.92 Å². The van der Waals surface area contributed by atoms with E-state index in [1.807, 2.05) is 13.8 Å². The Bertz CT molecular complexity index is 343. The Balaban J connectivity index is 4.91. The maximum absolute atomic E-state index is 12.1. The van der Waals surface area contributed by atoms with Crippen LogP contribution >= 0.6 is 0 Å². The van der Waals surface area contributed by atoms with Crippen molar-refractivity contribution in [2.24, 2.45) is 5.92 Å². The van der Waals surface area contributed by atoms with Gasteiger partial charge in [0.1, 0.15) is 6.04 Å². The maximum atomic E-state index is 12.1. The number of hydrogen-bond donors (Lipinski definition) is 3. The second kappa shape index (κ2) is 7.73. The fraction of sp³-hybridized carbons (Fsp3) is 0.750. The number of carboxylic acid groups (broad SMARTS) is 2. The molecule has 7 heteroatoms. The first kappa shape index (κ1) is 17.4. The van der Waals surface area contributed by atoms with Crippen molar-refractivity contribution in [1.29, 1.82) is 0 Å². The van der Waals surface area contributed by atoms with Gasteiger partial charge in [-0.15, -0.1) is 0 Å². The zero-order valence-corrected chi connectivity index (χ0v) is 11.7. The van der Waals surface area contributed by atoms with Crippen LogP contribution in [-0.2, 0) is 14.4 Å². The summed E-state index contributed by atoms with van der Waals surface area (Å²) in [4.78, 5) is 34.8. The van der Waals surface area contributed by atoms with Gasteiger partial charge in [-0.1, -0.05) is 13.8 Å². The van der Waals surface area contributed by atoms with Crippen molar-refractivity contribution in [3.63, 3.8) is 0 Å². The van der Waals surface area contributed by atoms with Gasteiger partial charge in [0, 0.05) is 7.05 Å². The molecule has 0 aliphatic heterocycles. The number of nitrogens with zero attached hydrogens (tertiary/aromatic N) is 1. The molecule has 0 aromatic heterocycles. The van der Waals surface area contributed by atoms with Gasteiger partial charge >= 0.3 is 11.9 Å². The van der Waals surface area contributed by atoms with Gasteiger partial charge in [-0.3, -0.25) is 9.59 Å². The molecule has 0 saturated carbocycles. The summed E-state index contributed by atoms with van der Waals surface area (Å²) in [6, 6.07) is -1.87. The molecule has 0 spiro atoms. The summed E-state index contributed by atoms with van der Waals surface area (Å²) < 4.78 is 0. The van der Waals surface area contributed by atoms with Crippen molar-refractivity contribution in [3.8, 4) is 0 Å². The topological polar surface area (TPSA) is 107 Å². The molecule has 0 radical (unpaired) electrons. The minimum atomic E-state index is -1.35. The Morgan fingerprint density at radius 2 is 1.74 bits per heavy atom.